The van der Waals surface area contributed by atoms with Gasteiger partial charge in [-0.05, 0) is 36.1 Å². The Bertz CT molecular complexity index is 565. The van der Waals surface area contributed by atoms with Crippen LogP contribution in [0, 0.1) is 0 Å². The molecule has 5 heteroatoms. The molecule has 0 atom stereocenters. The van der Waals surface area contributed by atoms with Crippen molar-refractivity contribution >= 4 is 11.9 Å². The van der Waals surface area contributed by atoms with Crippen LogP contribution in [-0.2, 0) is 17.9 Å². The van der Waals surface area contributed by atoms with Gasteiger partial charge in [0.15, 0.2) is 0 Å². The third-order valence-corrected chi connectivity index (χ3v) is 4.33. The van der Waals surface area contributed by atoms with E-state index in [1.165, 1.54) is 12.8 Å². The lowest BCUT2D eigenvalue weighted by Crippen LogP contribution is -2.39. The zero-order valence-electron chi connectivity index (χ0n) is 12.0. The van der Waals surface area contributed by atoms with Crippen LogP contribution in [0.3, 0.4) is 0 Å². The number of hydrogen-bond donors (Lipinski definition) is 2. The molecule has 112 valence electrons. The van der Waals surface area contributed by atoms with E-state index in [4.69, 9.17) is 5.11 Å². The van der Waals surface area contributed by atoms with Gasteiger partial charge in [0, 0.05) is 19.1 Å². The van der Waals surface area contributed by atoms with Crippen molar-refractivity contribution in [1.29, 1.82) is 0 Å². The highest BCUT2D eigenvalue weighted by molar-refractivity contribution is 5.88. The Labute approximate surface area is 123 Å². The fraction of sp³-hybridized carbons (Fsp3) is 0.500. The molecule has 1 amide bonds. The quantitative estimate of drug-likeness (QED) is 0.885. The van der Waals surface area contributed by atoms with Crippen molar-refractivity contribution < 1.29 is 14.7 Å². The van der Waals surface area contributed by atoms with Crippen molar-refractivity contribution in [2.24, 2.45) is 0 Å². The second-order valence-corrected chi connectivity index (χ2v) is 5.98. The van der Waals surface area contributed by atoms with E-state index in [2.05, 4.69) is 10.2 Å². The van der Waals surface area contributed by atoms with Gasteiger partial charge >= 0.3 is 5.97 Å². The summed E-state index contributed by atoms with van der Waals surface area (Å²) in [4.78, 5) is 25.1. The second kappa shape index (κ2) is 5.85. The molecular weight excluding hydrogens is 268 g/mol. The Kier molecular flexibility index (Phi) is 3.92. The standard InChI is InChI=1S/C16H20N2O3/c19-15(17-14-3-1-2-4-14)10-18-8-12-6-5-11(16(20)21)7-13(12)9-18/h5-7,14H,1-4,8-10H2,(H,17,19)(H,20,21). The largest absolute Gasteiger partial charge is 0.478 e. The van der Waals surface area contributed by atoms with Crippen LogP contribution in [0.1, 0.15) is 47.2 Å². The third kappa shape index (κ3) is 3.24. The van der Waals surface area contributed by atoms with Crippen LogP contribution in [0.4, 0.5) is 0 Å². The van der Waals surface area contributed by atoms with Gasteiger partial charge in [-0.15, -0.1) is 0 Å². The third-order valence-electron chi connectivity index (χ3n) is 4.33. The summed E-state index contributed by atoms with van der Waals surface area (Å²) in [6.07, 6.45) is 4.60. The van der Waals surface area contributed by atoms with E-state index in [-0.39, 0.29) is 5.91 Å². The van der Waals surface area contributed by atoms with Gasteiger partial charge in [-0.2, -0.15) is 0 Å². The molecule has 1 aliphatic carbocycles. The summed E-state index contributed by atoms with van der Waals surface area (Å²) >= 11 is 0. The van der Waals surface area contributed by atoms with Gasteiger partial charge in [-0.25, -0.2) is 4.79 Å². The number of aromatic carboxylic acids is 1. The molecule has 0 unspecified atom stereocenters. The SMILES string of the molecule is O=C(CN1Cc2ccc(C(=O)O)cc2C1)NC1CCCC1. The number of hydrogen-bond acceptors (Lipinski definition) is 3. The molecule has 2 N–H and O–H groups in total. The number of amides is 1. The lowest BCUT2D eigenvalue weighted by Gasteiger charge is -2.17. The predicted octanol–water partition coefficient (Wildman–Crippen LogP) is 1.76. The maximum absolute atomic E-state index is 12.0. The van der Waals surface area contributed by atoms with Gasteiger partial charge in [0.1, 0.15) is 0 Å². The predicted molar refractivity (Wildman–Crippen MR) is 77.9 cm³/mol. The first-order valence-corrected chi connectivity index (χ1v) is 7.48. The highest BCUT2D eigenvalue weighted by Crippen LogP contribution is 2.24. The first-order chi connectivity index (χ1) is 10.1. The van der Waals surface area contributed by atoms with Crippen LogP contribution < -0.4 is 5.32 Å². The number of fused-ring (bicyclic) bond motifs is 1. The molecule has 1 aromatic carbocycles. The first kappa shape index (κ1) is 14.1. The molecule has 1 fully saturated rings. The molecule has 1 aliphatic heterocycles. The molecule has 0 bridgehead atoms. The molecule has 0 aromatic heterocycles. The van der Waals surface area contributed by atoms with Crippen LogP contribution in [0.15, 0.2) is 18.2 Å². The number of nitrogens with one attached hydrogen (secondary N) is 1. The summed E-state index contributed by atoms with van der Waals surface area (Å²) in [5, 5.41) is 12.1. The van der Waals surface area contributed by atoms with Crippen molar-refractivity contribution in [3.05, 3.63) is 34.9 Å². The van der Waals surface area contributed by atoms with E-state index in [0.29, 0.717) is 31.2 Å². The van der Waals surface area contributed by atoms with Crippen molar-refractivity contribution in [2.45, 2.75) is 44.8 Å². The van der Waals surface area contributed by atoms with E-state index < -0.39 is 5.97 Å². The maximum Gasteiger partial charge on any atom is 0.335 e. The number of carboxylic acids is 1. The fourth-order valence-corrected chi connectivity index (χ4v) is 3.26. The summed E-state index contributed by atoms with van der Waals surface area (Å²) in [6.45, 7) is 1.75. The topological polar surface area (TPSA) is 69.6 Å². The molecule has 0 spiro atoms. The zero-order chi connectivity index (χ0) is 14.8. The number of carboxylic acid groups (broad SMARTS) is 1. The Balaban J connectivity index is 1.57. The van der Waals surface area contributed by atoms with Gasteiger partial charge in [0.25, 0.3) is 0 Å². The van der Waals surface area contributed by atoms with Crippen molar-refractivity contribution in [1.82, 2.24) is 10.2 Å². The molecule has 0 saturated heterocycles. The molecule has 1 aromatic rings. The van der Waals surface area contributed by atoms with E-state index in [1.807, 2.05) is 6.07 Å². The van der Waals surface area contributed by atoms with Gasteiger partial charge < -0.3 is 10.4 Å². The van der Waals surface area contributed by atoms with Crippen LogP contribution >= 0.6 is 0 Å². The number of benzene rings is 1. The minimum absolute atomic E-state index is 0.0770. The monoisotopic (exact) mass is 288 g/mol. The molecule has 21 heavy (non-hydrogen) atoms. The van der Waals surface area contributed by atoms with E-state index >= 15 is 0 Å². The minimum atomic E-state index is -0.907. The highest BCUT2D eigenvalue weighted by atomic mass is 16.4. The number of carbonyl (C=O) groups is 2. The van der Waals surface area contributed by atoms with Gasteiger partial charge in [-0.1, -0.05) is 18.9 Å². The average Bonchev–Trinajstić information content (AvgIpc) is 3.05. The highest BCUT2D eigenvalue weighted by Gasteiger charge is 2.23. The Morgan fingerprint density at radius 2 is 1.90 bits per heavy atom. The van der Waals surface area contributed by atoms with E-state index in [9.17, 15) is 9.59 Å². The molecule has 3 rings (SSSR count). The van der Waals surface area contributed by atoms with Crippen LogP contribution in [-0.4, -0.2) is 34.5 Å². The lowest BCUT2D eigenvalue weighted by atomic mass is 10.1. The zero-order valence-corrected chi connectivity index (χ0v) is 12.0. The van der Waals surface area contributed by atoms with Crippen LogP contribution in [0.2, 0.25) is 0 Å². The Hall–Kier alpha value is -1.88. The van der Waals surface area contributed by atoms with Crippen LogP contribution in [0.5, 0.6) is 0 Å². The van der Waals surface area contributed by atoms with Gasteiger partial charge in [0.05, 0.1) is 12.1 Å². The molecule has 1 saturated carbocycles. The van der Waals surface area contributed by atoms with E-state index in [1.54, 1.807) is 12.1 Å². The fourth-order valence-electron chi connectivity index (χ4n) is 3.26. The summed E-state index contributed by atoms with van der Waals surface area (Å²) in [5.74, 6) is -0.830. The summed E-state index contributed by atoms with van der Waals surface area (Å²) in [7, 11) is 0. The van der Waals surface area contributed by atoms with Crippen molar-refractivity contribution in [3.8, 4) is 0 Å². The van der Waals surface area contributed by atoms with Gasteiger partial charge in [-0.3, -0.25) is 9.69 Å². The number of carbonyl (C=O) groups excluding carboxylic acids is 1. The molecule has 0 radical (unpaired) electrons. The second-order valence-electron chi connectivity index (χ2n) is 5.98. The summed E-state index contributed by atoms with van der Waals surface area (Å²) in [6, 6.07) is 5.55. The molecule has 1 heterocycles. The Morgan fingerprint density at radius 1 is 1.19 bits per heavy atom. The number of nitrogens with zero attached hydrogens (tertiary/aromatic N) is 1. The lowest BCUT2D eigenvalue weighted by molar-refractivity contribution is -0.123. The summed E-state index contributed by atoms with van der Waals surface area (Å²) in [5.41, 5.74) is 2.45. The number of rotatable bonds is 4. The van der Waals surface area contributed by atoms with Crippen molar-refractivity contribution in [3.63, 3.8) is 0 Å². The maximum atomic E-state index is 12.0. The summed E-state index contributed by atoms with van der Waals surface area (Å²) < 4.78 is 0. The minimum Gasteiger partial charge on any atom is -0.478 e. The van der Waals surface area contributed by atoms with Gasteiger partial charge in [0.2, 0.25) is 5.91 Å². The molecule has 5 nitrogen and oxygen atoms in total. The molecule has 2 aliphatic rings. The molecular formula is C16H20N2O3. The normalized spacial score (nSPS) is 18.7. The first-order valence-electron chi connectivity index (χ1n) is 7.48. The smallest absolute Gasteiger partial charge is 0.335 e. The van der Waals surface area contributed by atoms with Crippen molar-refractivity contribution in [2.75, 3.05) is 6.54 Å². The van der Waals surface area contributed by atoms with E-state index in [0.717, 1.165) is 24.0 Å². The average molecular weight is 288 g/mol. The Morgan fingerprint density at radius 3 is 2.62 bits per heavy atom. The van der Waals surface area contributed by atoms with Crippen LogP contribution in [0.25, 0.3) is 0 Å².